The van der Waals surface area contributed by atoms with E-state index in [4.69, 9.17) is 4.42 Å². The number of nitrogens with zero attached hydrogens (tertiary/aromatic N) is 1. The van der Waals surface area contributed by atoms with Crippen LogP contribution < -0.4 is 0 Å². The van der Waals surface area contributed by atoms with E-state index < -0.39 is 17.3 Å². The van der Waals surface area contributed by atoms with Crippen molar-refractivity contribution in [1.82, 2.24) is 4.98 Å². The third-order valence-electron chi connectivity index (χ3n) is 2.84. The number of rotatable bonds is 2. The molecule has 0 aliphatic rings. The molecule has 2 heterocycles. The summed E-state index contributed by atoms with van der Waals surface area (Å²) in [5.41, 5.74) is 1.00. The Labute approximate surface area is 115 Å². The Hall–Kier alpha value is -1.86. The Morgan fingerprint density at radius 1 is 1.25 bits per heavy atom. The highest BCUT2D eigenvalue weighted by Crippen LogP contribution is 2.37. The zero-order valence-corrected chi connectivity index (χ0v) is 10.7. The van der Waals surface area contributed by atoms with Crippen molar-refractivity contribution >= 4 is 22.3 Å². The molecule has 2 aromatic heterocycles. The average molecular weight is 299 g/mol. The lowest BCUT2D eigenvalue weighted by molar-refractivity contribution is -0.137. The minimum atomic E-state index is -4.50. The molecule has 7 heteroatoms. The van der Waals surface area contributed by atoms with Crippen molar-refractivity contribution in [3.8, 4) is 0 Å². The molecule has 0 bridgehead atoms. The first-order valence-electron chi connectivity index (χ1n) is 5.64. The van der Waals surface area contributed by atoms with Crippen LogP contribution in [0.4, 0.5) is 13.2 Å². The van der Waals surface area contributed by atoms with Crippen molar-refractivity contribution in [2.75, 3.05) is 0 Å². The first-order chi connectivity index (χ1) is 9.47. The lowest BCUT2D eigenvalue weighted by atomic mass is 10.1. The predicted molar refractivity (Wildman–Crippen MR) is 67.4 cm³/mol. The highest BCUT2D eigenvalue weighted by Gasteiger charge is 2.35. The van der Waals surface area contributed by atoms with Crippen LogP contribution in [0.3, 0.4) is 0 Å². The highest BCUT2D eigenvalue weighted by molar-refractivity contribution is 7.11. The van der Waals surface area contributed by atoms with E-state index in [0.717, 1.165) is 6.20 Å². The Bertz CT molecular complexity index is 747. The number of halogens is 3. The Kier molecular flexibility index (Phi) is 3.02. The van der Waals surface area contributed by atoms with E-state index in [0.29, 0.717) is 27.9 Å². The largest absolute Gasteiger partial charge is 0.464 e. The van der Waals surface area contributed by atoms with Crippen LogP contribution in [0.1, 0.15) is 21.6 Å². The third-order valence-corrected chi connectivity index (χ3v) is 3.94. The molecule has 20 heavy (non-hydrogen) atoms. The summed E-state index contributed by atoms with van der Waals surface area (Å²) >= 11 is 0.427. The molecule has 3 aromatic rings. The molecule has 104 valence electrons. The average Bonchev–Trinajstić information content (AvgIpc) is 3.04. The smallest absolute Gasteiger partial charge is 0.443 e. The number of hydrogen-bond acceptors (Lipinski definition) is 4. The molecule has 3 nitrogen and oxygen atoms in total. The van der Waals surface area contributed by atoms with Gasteiger partial charge in [0.1, 0.15) is 11.7 Å². The molecule has 3 rings (SSSR count). The second kappa shape index (κ2) is 4.60. The SMILES string of the molecule is OC(c1cnc(C(F)(F)F)s1)c1coc2ccccc12. The van der Waals surface area contributed by atoms with Gasteiger partial charge in [-0.3, -0.25) is 0 Å². The number of fused-ring (bicyclic) bond motifs is 1. The van der Waals surface area contributed by atoms with Crippen molar-refractivity contribution in [1.29, 1.82) is 0 Å². The van der Waals surface area contributed by atoms with Gasteiger partial charge in [0.2, 0.25) is 0 Å². The van der Waals surface area contributed by atoms with Crippen LogP contribution >= 0.6 is 11.3 Å². The highest BCUT2D eigenvalue weighted by atomic mass is 32.1. The van der Waals surface area contributed by atoms with Gasteiger partial charge in [-0.25, -0.2) is 4.98 Å². The first-order valence-corrected chi connectivity index (χ1v) is 6.45. The van der Waals surface area contributed by atoms with E-state index in [9.17, 15) is 18.3 Å². The fourth-order valence-electron chi connectivity index (χ4n) is 1.91. The van der Waals surface area contributed by atoms with Crippen molar-refractivity contribution in [2.24, 2.45) is 0 Å². The summed E-state index contributed by atoms with van der Waals surface area (Å²) in [5, 5.41) is 9.90. The molecule has 0 radical (unpaired) electrons. The fourth-order valence-corrected chi connectivity index (χ4v) is 2.70. The Balaban J connectivity index is 2.00. The molecule has 0 fully saturated rings. The van der Waals surface area contributed by atoms with E-state index in [1.165, 1.54) is 6.26 Å². The van der Waals surface area contributed by atoms with Gasteiger partial charge in [0.25, 0.3) is 0 Å². The maximum Gasteiger partial charge on any atom is 0.443 e. The van der Waals surface area contributed by atoms with Gasteiger partial charge in [-0.05, 0) is 6.07 Å². The van der Waals surface area contributed by atoms with E-state index in [2.05, 4.69) is 4.98 Å². The van der Waals surface area contributed by atoms with Gasteiger partial charge in [0.05, 0.1) is 11.1 Å². The van der Waals surface area contributed by atoms with Crippen LogP contribution in [0.15, 0.2) is 41.1 Å². The zero-order chi connectivity index (χ0) is 14.3. The zero-order valence-electron chi connectivity index (χ0n) is 9.89. The molecule has 1 N–H and O–H groups in total. The number of hydrogen-bond donors (Lipinski definition) is 1. The number of aliphatic hydroxyl groups excluding tert-OH is 1. The van der Waals surface area contributed by atoms with Crippen LogP contribution in [0.2, 0.25) is 0 Å². The molecule has 0 saturated heterocycles. The van der Waals surface area contributed by atoms with Gasteiger partial charge in [-0.2, -0.15) is 13.2 Å². The summed E-state index contributed by atoms with van der Waals surface area (Å²) in [6, 6.07) is 7.00. The summed E-state index contributed by atoms with van der Waals surface area (Å²) in [6.07, 6.45) is -3.30. The van der Waals surface area contributed by atoms with Crippen LogP contribution in [-0.2, 0) is 6.18 Å². The van der Waals surface area contributed by atoms with Crippen molar-refractivity contribution in [2.45, 2.75) is 12.3 Å². The van der Waals surface area contributed by atoms with Crippen LogP contribution in [0.5, 0.6) is 0 Å². The van der Waals surface area contributed by atoms with Gasteiger partial charge >= 0.3 is 6.18 Å². The third kappa shape index (κ3) is 2.19. The van der Waals surface area contributed by atoms with Crippen LogP contribution in [0.25, 0.3) is 11.0 Å². The van der Waals surface area contributed by atoms with Crippen molar-refractivity contribution in [3.05, 3.63) is 52.2 Å². The summed E-state index contributed by atoms with van der Waals surface area (Å²) in [7, 11) is 0. The van der Waals surface area contributed by atoms with Crippen LogP contribution in [0, 0.1) is 0 Å². The molecule has 0 amide bonds. The van der Waals surface area contributed by atoms with E-state index in [1.807, 2.05) is 0 Å². The first kappa shape index (κ1) is 13.1. The lowest BCUT2D eigenvalue weighted by Gasteiger charge is -2.05. The van der Waals surface area contributed by atoms with Gasteiger partial charge in [-0.15, -0.1) is 11.3 Å². The minimum absolute atomic E-state index is 0.129. The van der Waals surface area contributed by atoms with Gasteiger partial charge in [-0.1, -0.05) is 18.2 Å². The second-order valence-electron chi connectivity index (χ2n) is 4.16. The number of aromatic nitrogens is 1. The molecule has 1 unspecified atom stereocenters. The van der Waals surface area contributed by atoms with Crippen LogP contribution in [-0.4, -0.2) is 10.1 Å². The molecular weight excluding hydrogens is 291 g/mol. The predicted octanol–water partition coefficient (Wildman–Crippen LogP) is 3.99. The second-order valence-corrected chi connectivity index (χ2v) is 5.22. The quantitative estimate of drug-likeness (QED) is 0.778. The molecule has 0 spiro atoms. The monoisotopic (exact) mass is 299 g/mol. The Morgan fingerprint density at radius 3 is 2.70 bits per heavy atom. The summed E-state index contributed by atoms with van der Waals surface area (Å²) in [4.78, 5) is 3.43. The summed E-state index contributed by atoms with van der Waals surface area (Å²) in [6.45, 7) is 0. The molecule has 0 saturated carbocycles. The van der Waals surface area contributed by atoms with Crippen molar-refractivity contribution in [3.63, 3.8) is 0 Å². The summed E-state index contributed by atoms with van der Waals surface area (Å²) < 4.78 is 42.8. The van der Waals surface area contributed by atoms with Crippen molar-refractivity contribution < 1.29 is 22.7 Å². The standard InChI is InChI=1S/C13H8F3NO2S/c14-13(15,16)12-17-5-10(20-12)11(18)8-6-19-9-4-2-1-3-7(8)9/h1-6,11,18H. The number of thiazole rings is 1. The molecular formula is C13H8F3NO2S. The van der Waals surface area contributed by atoms with Gasteiger partial charge in [0.15, 0.2) is 5.01 Å². The van der Waals surface area contributed by atoms with E-state index >= 15 is 0 Å². The van der Waals surface area contributed by atoms with Gasteiger partial charge < -0.3 is 9.52 Å². The van der Waals surface area contributed by atoms with E-state index in [1.54, 1.807) is 24.3 Å². The number of aliphatic hydroxyl groups is 1. The molecule has 0 aliphatic carbocycles. The molecule has 0 aliphatic heterocycles. The number of furan rings is 1. The van der Waals surface area contributed by atoms with E-state index in [-0.39, 0.29) is 4.88 Å². The number of alkyl halides is 3. The fraction of sp³-hybridized carbons (Fsp3) is 0.154. The normalized spacial score (nSPS) is 13.8. The summed E-state index contributed by atoms with van der Waals surface area (Å²) in [5.74, 6) is 0. The van der Waals surface area contributed by atoms with Gasteiger partial charge in [0, 0.05) is 17.1 Å². The minimum Gasteiger partial charge on any atom is -0.464 e. The maximum atomic E-state index is 12.5. The maximum absolute atomic E-state index is 12.5. The number of para-hydroxylation sites is 1. The molecule has 1 aromatic carbocycles. The lowest BCUT2D eigenvalue weighted by Crippen LogP contribution is -2.03. The Morgan fingerprint density at radius 2 is 2.00 bits per heavy atom. The topological polar surface area (TPSA) is 46.3 Å². The number of benzene rings is 1. The molecule has 1 atom stereocenters.